The fourth-order valence-corrected chi connectivity index (χ4v) is 2.00. The Balaban J connectivity index is 2.17. The molecule has 0 aliphatic heterocycles. The molecule has 7 heteroatoms. The molecule has 0 radical (unpaired) electrons. The van der Waals surface area contributed by atoms with Crippen molar-refractivity contribution in [3.63, 3.8) is 0 Å². The van der Waals surface area contributed by atoms with Crippen LogP contribution in [0.15, 0.2) is 41.4 Å². The van der Waals surface area contributed by atoms with Crippen LogP contribution in [0.4, 0.5) is 5.82 Å². The largest absolute Gasteiger partial charge is 0.307 e. The van der Waals surface area contributed by atoms with Gasteiger partial charge in [-0.2, -0.15) is 5.10 Å². The molecule has 1 aromatic carbocycles. The number of nitrogens with one attached hydrogen (secondary N) is 2. The summed E-state index contributed by atoms with van der Waals surface area (Å²) in [5, 5.41) is 8.88. The highest BCUT2D eigenvalue weighted by Crippen LogP contribution is 2.11. The molecule has 0 fully saturated rings. The molecular formula is C11H11N3O3S. The Morgan fingerprint density at radius 1 is 1.22 bits per heavy atom. The van der Waals surface area contributed by atoms with Crippen LogP contribution in [0, 0.1) is 0 Å². The Kier molecular flexibility index (Phi) is 3.15. The van der Waals surface area contributed by atoms with Gasteiger partial charge in [0, 0.05) is 17.9 Å². The Hall–Kier alpha value is -2.15. The zero-order chi connectivity index (χ0) is 13.2. The van der Waals surface area contributed by atoms with E-state index in [4.69, 9.17) is 0 Å². The molecule has 0 saturated carbocycles. The minimum Gasteiger partial charge on any atom is -0.307 e. The molecule has 0 bridgehead atoms. The lowest BCUT2D eigenvalue weighted by atomic mass is 10.2. The van der Waals surface area contributed by atoms with Gasteiger partial charge in [0.05, 0.1) is 11.1 Å². The van der Waals surface area contributed by atoms with Crippen molar-refractivity contribution in [3.8, 4) is 0 Å². The highest BCUT2D eigenvalue weighted by molar-refractivity contribution is 7.90. The van der Waals surface area contributed by atoms with Gasteiger partial charge in [0.1, 0.15) is 5.82 Å². The monoisotopic (exact) mass is 265 g/mol. The SMILES string of the molecule is CS(=O)(=O)c1ccc(C(=O)Nc2ccn[nH]2)cc1. The fraction of sp³-hybridized carbons (Fsp3) is 0.0909. The molecule has 1 amide bonds. The van der Waals surface area contributed by atoms with Crippen molar-refractivity contribution in [1.82, 2.24) is 10.2 Å². The predicted molar refractivity (Wildman–Crippen MR) is 66.1 cm³/mol. The number of nitrogens with zero attached hydrogens (tertiary/aromatic N) is 1. The van der Waals surface area contributed by atoms with Gasteiger partial charge in [-0.15, -0.1) is 0 Å². The Bertz CT molecular complexity index is 645. The van der Waals surface area contributed by atoms with Gasteiger partial charge in [0.25, 0.3) is 5.91 Å². The Labute approximate surface area is 104 Å². The van der Waals surface area contributed by atoms with Crippen molar-refractivity contribution in [2.75, 3.05) is 11.6 Å². The summed E-state index contributed by atoms with van der Waals surface area (Å²) in [6.07, 6.45) is 2.63. The van der Waals surface area contributed by atoms with Crippen LogP contribution in [0.5, 0.6) is 0 Å². The summed E-state index contributed by atoms with van der Waals surface area (Å²) in [6, 6.07) is 7.33. The molecule has 0 aliphatic carbocycles. The summed E-state index contributed by atoms with van der Waals surface area (Å²) in [5.41, 5.74) is 0.372. The second kappa shape index (κ2) is 4.61. The van der Waals surface area contributed by atoms with Gasteiger partial charge in [-0.25, -0.2) is 8.42 Å². The lowest BCUT2D eigenvalue weighted by molar-refractivity contribution is 0.102. The minimum atomic E-state index is -3.24. The minimum absolute atomic E-state index is 0.181. The molecule has 6 nitrogen and oxygen atoms in total. The number of anilines is 1. The number of carbonyl (C=O) groups is 1. The van der Waals surface area contributed by atoms with E-state index in [1.807, 2.05) is 0 Å². The van der Waals surface area contributed by atoms with E-state index in [1.54, 1.807) is 6.07 Å². The lowest BCUT2D eigenvalue weighted by Crippen LogP contribution is -2.12. The summed E-state index contributed by atoms with van der Waals surface area (Å²) in [5.74, 6) is 0.145. The normalized spacial score (nSPS) is 11.2. The number of aromatic amines is 1. The Morgan fingerprint density at radius 3 is 2.39 bits per heavy atom. The molecule has 0 saturated heterocycles. The molecular weight excluding hydrogens is 254 g/mol. The zero-order valence-electron chi connectivity index (χ0n) is 9.54. The molecule has 94 valence electrons. The third-order valence-corrected chi connectivity index (χ3v) is 3.42. The molecule has 2 aromatic rings. The number of hydrogen-bond acceptors (Lipinski definition) is 4. The maximum absolute atomic E-state index is 11.8. The maximum Gasteiger partial charge on any atom is 0.256 e. The van der Waals surface area contributed by atoms with E-state index in [9.17, 15) is 13.2 Å². The molecule has 0 aliphatic rings. The van der Waals surface area contributed by atoms with E-state index in [1.165, 1.54) is 30.5 Å². The highest BCUT2D eigenvalue weighted by atomic mass is 32.2. The lowest BCUT2D eigenvalue weighted by Gasteiger charge is -2.03. The molecule has 0 unspecified atom stereocenters. The van der Waals surface area contributed by atoms with Gasteiger partial charge in [-0.05, 0) is 24.3 Å². The first-order valence-corrected chi connectivity index (χ1v) is 6.97. The van der Waals surface area contributed by atoms with Gasteiger partial charge in [-0.3, -0.25) is 9.89 Å². The molecule has 1 aromatic heterocycles. The van der Waals surface area contributed by atoms with Crippen LogP contribution in [0.3, 0.4) is 0 Å². The first-order valence-electron chi connectivity index (χ1n) is 5.08. The van der Waals surface area contributed by atoms with E-state index < -0.39 is 9.84 Å². The third kappa shape index (κ3) is 2.75. The van der Waals surface area contributed by atoms with Crippen LogP contribution in [-0.4, -0.2) is 30.8 Å². The number of amides is 1. The van der Waals surface area contributed by atoms with Gasteiger partial charge in [0.15, 0.2) is 9.84 Å². The molecule has 2 N–H and O–H groups in total. The number of aromatic nitrogens is 2. The summed E-state index contributed by atoms with van der Waals surface area (Å²) < 4.78 is 22.5. The van der Waals surface area contributed by atoms with E-state index >= 15 is 0 Å². The first kappa shape index (κ1) is 12.3. The second-order valence-electron chi connectivity index (χ2n) is 3.72. The average Bonchev–Trinajstić information content (AvgIpc) is 2.81. The first-order chi connectivity index (χ1) is 8.47. The van der Waals surface area contributed by atoms with Crippen LogP contribution < -0.4 is 5.32 Å². The van der Waals surface area contributed by atoms with Crippen LogP contribution in [0.25, 0.3) is 0 Å². The average molecular weight is 265 g/mol. The zero-order valence-corrected chi connectivity index (χ0v) is 10.4. The summed E-state index contributed by atoms with van der Waals surface area (Å²) in [6.45, 7) is 0. The van der Waals surface area contributed by atoms with E-state index in [2.05, 4.69) is 15.5 Å². The van der Waals surface area contributed by atoms with Crippen LogP contribution in [0.2, 0.25) is 0 Å². The van der Waals surface area contributed by atoms with Crippen molar-refractivity contribution in [1.29, 1.82) is 0 Å². The van der Waals surface area contributed by atoms with Crippen LogP contribution >= 0.6 is 0 Å². The van der Waals surface area contributed by atoms with Crippen molar-refractivity contribution in [2.24, 2.45) is 0 Å². The van der Waals surface area contributed by atoms with E-state index in [-0.39, 0.29) is 10.8 Å². The van der Waals surface area contributed by atoms with Gasteiger partial charge in [0.2, 0.25) is 0 Å². The standard InChI is InChI=1S/C11H11N3O3S/c1-18(16,17)9-4-2-8(3-5-9)11(15)13-10-6-7-12-14-10/h2-7H,1H3,(H2,12,13,14,15). The number of hydrogen-bond donors (Lipinski definition) is 2. The summed E-state index contributed by atoms with van der Waals surface area (Å²) in [4.78, 5) is 11.9. The summed E-state index contributed by atoms with van der Waals surface area (Å²) >= 11 is 0. The molecule has 0 atom stereocenters. The van der Waals surface area contributed by atoms with E-state index in [0.29, 0.717) is 11.4 Å². The molecule has 1 heterocycles. The maximum atomic E-state index is 11.8. The quantitative estimate of drug-likeness (QED) is 0.868. The third-order valence-electron chi connectivity index (χ3n) is 2.29. The topological polar surface area (TPSA) is 91.9 Å². The Morgan fingerprint density at radius 2 is 1.89 bits per heavy atom. The fourth-order valence-electron chi connectivity index (χ4n) is 1.37. The van der Waals surface area contributed by atoms with Crippen molar-refractivity contribution < 1.29 is 13.2 Å². The van der Waals surface area contributed by atoms with Crippen LogP contribution in [0.1, 0.15) is 10.4 Å². The molecule has 18 heavy (non-hydrogen) atoms. The second-order valence-corrected chi connectivity index (χ2v) is 5.74. The van der Waals surface area contributed by atoms with Gasteiger partial charge in [-0.1, -0.05) is 0 Å². The highest BCUT2D eigenvalue weighted by Gasteiger charge is 2.10. The van der Waals surface area contributed by atoms with Gasteiger partial charge < -0.3 is 5.32 Å². The number of H-pyrrole nitrogens is 1. The number of benzene rings is 1. The van der Waals surface area contributed by atoms with E-state index in [0.717, 1.165) is 6.26 Å². The molecule has 2 rings (SSSR count). The van der Waals surface area contributed by atoms with Crippen molar-refractivity contribution in [3.05, 3.63) is 42.1 Å². The van der Waals surface area contributed by atoms with Crippen molar-refractivity contribution >= 4 is 21.6 Å². The number of carbonyl (C=O) groups excluding carboxylic acids is 1. The molecule has 0 spiro atoms. The number of sulfone groups is 1. The predicted octanol–water partition coefficient (Wildman–Crippen LogP) is 1.07. The van der Waals surface area contributed by atoms with Crippen molar-refractivity contribution in [2.45, 2.75) is 4.90 Å². The summed E-state index contributed by atoms with van der Waals surface area (Å²) in [7, 11) is -3.24. The smallest absolute Gasteiger partial charge is 0.256 e. The number of rotatable bonds is 3. The van der Waals surface area contributed by atoms with Gasteiger partial charge >= 0.3 is 0 Å². The van der Waals surface area contributed by atoms with Crippen LogP contribution in [-0.2, 0) is 9.84 Å².